The quantitative estimate of drug-likeness (QED) is 0.794. The Balaban J connectivity index is 2.40. The van der Waals surface area contributed by atoms with Crippen LogP contribution in [0.4, 0.5) is 0 Å². The number of carbonyl (C=O) groups excluding carboxylic acids is 2. The van der Waals surface area contributed by atoms with Gasteiger partial charge >= 0.3 is 11.9 Å². The minimum atomic E-state index is -1.60. The van der Waals surface area contributed by atoms with E-state index in [-0.39, 0.29) is 6.61 Å². The lowest BCUT2D eigenvalue weighted by Crippen LogP contribution is -2.50. The molecular weight excluding hydrogens is 306 g/mol. The van der Waals surface area contributed by atoms with Crippen LogP contribution >= 0.6 is 11.3 Å². The number of hydrogen-bond donors (Lipinski definition) is 0. The van der Waals surface area contributed by atoms with Gasteiger partial charge in [0.05, 0.1) is 11.5 Å². The van der Waals surface area contributed by atoms with Gasteiger partial charge in [0, 0.05) is 0 Å². The normalized spacial score (nSPS) is 23.9. The van der Waals surface area contributed by atoms with Crippen molar-refractivity contribution >= 4 is 29.7 Å². The number of ether oxygens (including phenoxy) is 3. The molecule has 0 saturated heterocycles. The first-order chi connectivity index (χ1) is 10.3. The lowest BCUT2D eigenvalue weighted by Gasteiger charge is -2.30. The van der Waals surface area contributed by atoms with Crippen molar-refractivity contribution < 1.29 is 23.8 Å². The van der Waals surface area contributed by atoms with Crippen LogP contribution < -0.4 is 0 Å². The van der Waals surface area contributed by atoms with Crippen molar-refractivity contribution in [2.75, 3.05) is 6.61 Å². The highest BCUT2D eigenvalue weighted by Crippen LogP contribution is 2.39. The standard InChI is InChI=1S/C15H19NO5S/c1-5-19-13(18)15(10-7-6-8-22-10)11(16-9-20-15)12(17)21-14(2,3)4/h6-9,11H,5H2,1-4H3/t11-,15-/m0/s1. The van der Waals surface area contributed by atoms with E-state index in [2.05, 4.69) is 4.99 Å². The summed E-state index contributed by atoms with van der Waals surface area (Å²) in [7, 11) is 0. The molecule has 0 saturated carbocycles. The smallest absolute Gasteiger partial charge is 0.359 e. The first kappa shape index (κ1) is 16.5. The van der Waals surface area contributed by atoms with Gasteiger partial charge in [-0.05, 0) is 39.1 Å². The molecule has 0 unspecified atom stereocenters. The fraction of sp³-hybridized carbons (Fsp3) is 0.533. The average molecular weight is 325 g/mol. The average Bonchev–Trinajstić information content (AvgIpc) is 3.06. The number of esters is 2. The summed E-state index contributed by atoms with van der Waals surface area (Å²) in [5, 5.41) is 1.80. The third-order valence-electron chi connectivity index (χ3n) is 2.93. The van der Waals surface area contributed by atoms with E-state index in [1.54, 1.807) is 45.2 Å². The molecule has 0 radical (unpaired) electrons. The van der Waals surface area contributed by atoms with Crippen LogP contribution in [0.25, 0.3) is 0 Å². The lowest BCUT2D eigenvalue weighted by atomic mass is 9.92. The zero-order valence-corrected chi connectivity index (χ0v) is 13.8. The molecule has 2 heterocycles. The Labute approximate surface area is 133 Å². The van der Waals surface area contributed by atoms with Gasteiger partial charge in [-0.1, -0.05) is 6.07 Å². The molecule has 0 amide bonds. The van der Waals surface area contributed by atoms with Crippen LogP contribution in [0.2, 0.25) is 0 Å². The Morgan fingerprint density at radius 2 is 2.18 bits per heavy atom. The van der Waals surface area contributed by atoms with E-state index in [4.69, 9.17) is 14.2 Å². The van der Waals surface area contributed by atoms with Crippen molar-refractivity contribution in [3.8, 4) is 0 Å². The molecule has 2 rings (SSSR count). The number of thiophene rings is 1. The highest BCUT2D eigenvalue weighted by atomic mass is 32.1. The molecule has 0 bridgehead atoms. The number of aliphatic imine (C=N–C) groups is 1. The number of hydrogen-bond acceptors (Lipinski definition) is 7. The zero-order valence-electron chi connectivity index (χ0n) is 13.0. The van der Waals surface area contributed by atoms with Crippen molar-refractivity contribution in [3.05, 3.63) is 22.4 Å². The Bertz CT molecular complexity index is 575. The summed E-state index contributed by atoms with van der Waals surface area (Å²) in [5.74, 6) is -1.27. The van der Waals surface area contributed by atoms with E-state index in [1.807, 2.05) is 0 Å². The molecule has 0 fully saturated rings. The predicted molar refractivity (Wildman–Crippen MR) is 81.8 cm³/mol. The molecule has 1 aromatic rings. The third kappa shape index (κ3) is 2.99. The van der Waals surface area contributed by atoms with Crippen molar-refractivity contribution in [3.63, 3.8) is 0 Å². The molecule has 0 N–H and O–H groups in total. The van der Waals surface area contributed by atoms with Gasteiger partial charge in [0.2, 0.25) is 6.04 Å². The number of nitrogens with zero attached hydrogens (tertiary/aromatic N) is 1. The van der Waals surface area contributed by atoms with Gasteiger partial charge in [0.1, 0.15) is 5.60 Å². The first-order valence-electron chi connectivity index (χ1n) is 6.95. The van der Waals surface area contributed by atoms with Gasteiger partial charge in [-0.3, -0.25) is 0 Å². The monoisotopic (exact) mass is 325 g/mol. The summed E-state index contributed by atoms with van der Waals surface area (Å²) in [4.78, 5) is 29.6. The molecule has 7 heteroatoms. The summed E-state index contributed by atoms with van der Waals surface area (Å²) >= 11 is 1.30. The Morgan fingerprint density at radius 1 is 1.45 bits per heavy atom. The largest absolute Gasteiger partial charge is 0.463 e. The molecule has 1 aromatic heterocycles. The topological polar surface area (TPSA) is 74.2 Å². The molecule has 0 aliphatic carbocycles. The van der Waals surface area contributed by atoms with E-state index >= 15 is 0 Å². The highest BCUT2D eigenvalue weighted by molar-refractivity contribution is 7.10. The summed E-state index contributed by atoms with van der Waals surface area (Å²) in [6, 6.07) is 2.37. The van der Waals surface area contributed by atoms with E-state index < -0.39 is 29.2 Å². The fourth-order valence-electron chi connectivity index (χ4n) is 2.11. The van der Waals surface area contributed by atoms with Gasteiger partial charge in [0.25, 0.3) is 5.60 Å². The summed E-state index contributed by atoms with van der Waals surface area (Å²) in [6.07, 6.45) is 1.12. The van der Waals surface area contributed by atoms with Gasteiger partial charge in [-0.2, -0.15) is 0 Å². The molecule has 6 nitrogen and oxygen atoms in total. The SMILES string of the molecule is CCOC(=O)[C@@]1(c2cccs2)OC=N[C@H]1C(=O)OC(C)(C)C. The molecule has 1 aliphatic rings. The van der Waals surface area contributed by atoms with Crippen LogP contribution in [0.3, 0.4) is 0 Å². The molecular formula is C15H19NO5S. The van der Waals surface area contributed by atoms with E-state index in [9.17, 15) is 9.59 Å². The maximum atomic E-state index is 12.5. The second-order valence-corrected chi connectivity index (χ2v) is 6.69. The van der Waals surface area contributed by atoms with Crippen LogP contribution in [-0.4, -0.2) is 36.6 Å². The molecule has 2 atom stereocenters. The molecule has 120 valence electrons. The summed E-state index contributed by atoms with van der Waals surface area (Å²) in [6.45, 7) is 7.12. The minimum absolute atomic E-state index is 0.177. The minimum Gasteiger partial charge on any atom is -0.463 e. The molecule has 0 aromatic carbocycles. The maximum Gasteiger partial charge on any atom is 0.359 e. The lowest BCUT2D eigenvalue weighted by molar-refractivity contribution is -0.175. The zero-order chi connectivity index (χ0) is 16.4. The Morgan fingerprint density at radius 3 is 2.73 bits per heavy atom. The Hall–Kier alpha value is -1.89. The molecule has 0 spiro atoms. The van der Waals surface area contributed by atoms with Crippen LogP contribution in [-0.2, 0) is 29.4 Å². The second-order valence-electron chi connectivity index (χ2n) is 5.74. The van der Waals surface area contributed by atoms with Gasteiger partial charge in [-0.15, -0.1) is 11.3 Å². The van der Waals surface area contributed by atoms with Crippen LogP contribution in [0.15, 0.2) is 22.5 Å². The molecule has 1 aliphatic heterocycles. The van der Waals surface area contributed by atoms with E-state index in [0.29, 0.717) is 4.88 Å². The number of rotatable bonds is 4. The van der Waals surface area contributed by atoms with Gasteiger partial charge in [0.15, 0.2) is 6.40 Å². The number of carbonyl (C=O) groups is 2. The van der Waals surface area contributed by atoms with Crippen LogP contribution in [0.1, 0.15) is 32.6 Å². The first-order valence-corrected chi connectivity index (χ1v) is 7.82. The van der Waals surface area contributed by atoms with Crippen molar-refractivity contribution in [1.29, 1.82) is 0 Å². The summed E-state index contributed by atoms with van der Waals surface area (Å²) in [5.41, 5.74) is -2.29. The van der Waals surface area contributed by atoms with Gasteiger partial charge in [-0.25, -0.2) is 14.6 Å². The van der Waals surface area contributed by atoms with Crippen molar-refractivity contribution in [1.82, 2.24) is 0 Å². The Kier molecular flexibility index (Phi) is 4.55. The predicted octanol–water partition coefficient (Wildman–Crippen LogP) is 2.28. The third-order valence-corrected chi connectivity index (χ3v) is 3.92. The fourth-order valence-corrected chi connectivity index (χ4v) is 2.99. The highest BCUT2D eigenvalue weighted by Gasteiger charge is 2.59. The van der Waals surface area contributed by atoms with Crippen molar-refractivity contribution in [2.45, 2.75) is 44.9 Å². The van der Waals surface area contributed by atoms with Gasteiger partial charge < -0.3 is 14.2 Å². The van der Waals surface area contributed by atoms with Crippen LogP contribution in [0.5, 0.6) is 0 Å². The maximum absolute atomic E-state index is 12.5. The van der Waals surface area contributed by atoms with Crippen LogP contribution in [0, 0.1) is 0 Å². The molecule has 22 heavy (non-hydrogen) atoms. The van der Waals surface area contributed by atoms with E-state index in [1.165, 1.54) is 11.3 Å². The van der Waals surface area contributed by atoms with Crippen molar-refractivity contribution in [2.24, 2.45) is 4.99 Å². The summed E-state index contributed by atoms with van der Waals surface area (Å²) < 4.78 is 16.0. The van der Waals surface area contributed by atoms with E-state index in [0.717, 1.165) is 6.40 Å². The second kappa shape index (κ2) is 6.08.